The van der Waals surface area contributed by atoms with E-state index in [0.29, 0.717) is 6.61 Å². The van der Waals surface area contributed by atoms with Crippen molar-refractivity contribution in [3.8, 4) is 0 Å². The molecule has 0 bridgehead atoms. The highest BCUT2D eigenvalue weighted by Crippen LogP contribution is 2.25. The molecular formula is C38H67NO2. The van der Waals surface area contributed by atoms with Crippen molar-refractivity contribution < 1.29 is 9.53 Å². The Bertz CT molecular complexity index is 733. The summed E-state index contributed by atoms with van der Waals surface area (Å²) in [5.41, 5.74) is 2.38. The van der Waals surface area contributed by atoms with Crippen LogP contribution in [0.4, 0.5) is 5.69 Å². The predicted octanol–water partition coefficient (Wildman–Crippen LogP) is 12.1. The minimum atomic E-state index is -0.186. The van der Waals surface area contributed by atoms with Crippen LogP contribution in [0.5, 0.6) is 0 Å². The van der Waals surface area contributed by atoms with Gasteiger partial charge in [0.05, 0.1) is 6.61 Å². The SMILES string of the molecule is CCCCCCCCCCCCCCCCCCCCCCCCCCCCOC(=O)C1CCc2ccccc2N1. The summed E-state index contributed by atoms with van der Waals surface area (Å²) in [7, 11) is 0. The van der Waals surface area contributed by atoms with Crippen LogP contribution >= 0.6 is 0 Å². The molecule has 1 aromatic rings. The first-order chi connectivity index (χ1) is 20.3. The second-order valence-electron chi connectivity index (χ2n) is 12.9. The lowest BCUT2D eigenvalue weighted by molar-refractivity contribution is -0.144. The number of aryl methyl sites for hydroxylation is 1. The smallest absolute Gasteiger partial charge is 0.328 e. The number of esters is 1. The van der Waals surface area contributed by atoms with E-state index >= 15 is 0 Å². The Kier molecular flexibility index (Phi) is 22.8. The Labute approximate surface area is 255 Å². The fraction of sp³-hybridized carbons (Fsp3) is 0.816. The van der Waals surface area contributed by atoms with Gasteiger partial charge in [0, 0.05) is 5.69 Å². The van der Waals surface area contributed by atoms with Crippen molar-refractivity contribution in [1.82, 2.24) is 0 Å². The van der Waals surface area contributed by atoms with Gasteiger partial charge in [-0.15, -0.1) is 0 Å². The molecule has 1 aliphatic heterocycles. The number of fused-ring (bicyclic) bond motifs is 1. The van der Waals surface area contributed by atoms with Gasteiger partial charge in [0.25, 0.3) is 0 Å². The number of carbonyl (C=O) groups is 1. The highest BCUT2D eigenvalue weighted by atomic mass is 16.5. The van der Waals surface area contributed by atoms with Gasteiger partial charge in [0.1, 0.15) is 6.04 Å². The molecule has 0 aromatic heterocycles. The van der Waals surface area contributed by atoms with E-state index in [-0.39, 0.29) is 12.0 Å². The second kappa shape index (κ2) is 26.1. The van der Waals surface area contributed by atoms with Crippen molar-refractivity contribution in [1.29, 1.82) is 0 Å². The summed E-state index contributed by atoms with van der Waals surface area (Å²) in [6, 6.07) is 8.07. The van der Waals surface area contributed by atoms with Gasteiger partial charge in [-0.3, -0.25) is 0 Å². The molecule has 236 valence electrons. The number of anilines is 1. The molecule has 1 N–H and O–H groups in total. The van der Waals surface area contributed by atoms with Gasteiger partial charge >= 0.3 is 5.97 Å². The van der Waals surface area contributed by atoms with E-state index in [2.05, 4.69) is 30.4 Å². The van der Waals surface area contributed by atoms with Gasteiger partial charge in [0.2, 0.25) is 0 Å². The minimum Gasteiger partial charge on any atom is -0.464 e. The fourth-order valence-corrected chi connectivity index (χ4v) is 6.31. The lowest BCUT2D eigenvalue weighted by Crippen LogP contribution is -2.35. The van der Waals surface area contributed by atoms with Gasteiger partial charge < -0.3 is 10.1 Å². The Balaban J connectivity index is 1.21. The number of unbranched alkanes of at least 4 members (excludes halogenated alkanes) is 25. The number of para-hydroxylation sites is 1. The number of nitrogens with one attached hydrogen (secondary N) is 1. The Morgan fingerprint density at radius 1 is 0.610 bits per heavy atom. The molecule has 0 radical (unpaired) electrons. The molecule has 1 unspecified atom stereocenters. The Hall–Kier alpha value is -1.51. The highest BCUT2D eigenvalue weighted by Gasteiger charge is 2.24. The molecule has 3 nitrogen and oxygen atoms in total. The van der Waals surface area contributed by atoms with Gasteiger partial charge in [-0.25, -0.2) is 4.79 Å². The lowest BCUT2D eigenvalue weighted by Gasteiger charge is -2.25. The summed E-state index contributed by atoms with van der Waals surface area (Å²) in [6.07, 6.45) is 38.3. The van der Waals surface area contributed by atoms with E-state index in [1.54, 1.807) is 0 Å². The molecule has 0 fully saturated rings. The molecule has 1 atom stereocenters. The summed E-state index contributed by atoms with van der Waals surface area (Å²) in [5.74, 6) is -0.0842. The van der Waals surface area contributed by atoms with Crippen molar-refractivity contribution >= 4 is 11.7 Å². The molecule has 1 aromatic carbocycles. The van der Waals surface area contributed by atoms with E-state index in [4.69, 9.17) is 4.74 Å². The average molecular weight is 570 g/mol. The van der Waals surface area contributed by atoms with Gasteiger partial charge in [0.15, 0.2) is 0 Å². The van der Waals surface area contributed by atoms with E-state index in [1.165, 1.54) is 166 Å². The lowest BCUT2D eigenvalue weighted by atomic mass is 9.98. The van der Waals surface area contributed by atoms with Crippen LogP contribution in [0, 0.1) is 0 Å². The third-order valence-corrected chi connectivity index (χ3v) is 9.08. The molecule has 0 aliphatic carbocycles. The first-order valence-electron chi connectivity index (χ1n) is 18.3. The van der Waals surface area contributed by atoms with E-state index < -0.39 is 0 Å². The van der Waals surface area contributed by atoms with Crippen LogP contribution in [0.1, 0.15) is 186 Å². The first kappa shape index (κ1) is 35.7. The molecule has 1 aliphatic rings. The second-order valence-corrected chi connectivity index (χ2v) is 12.9. The summed E-state index contributed by atoms with van der Waals surface area (Å²) in [5, 5.41) is 3.34. The van der Waals surface area contributed by atoms with Crippen molar-refractivity contribution in [2.45, 2.75) is 193 Å². The Morgan fingerprint density at radius 2 is 1.00 bits per heavy atom. The van der Waals surface area contributed by atoms with E-state index in [0.717, 1.165) is 24.9 Å². The summed E-state index contributed by atoms with van der Waals surface area (Å²) in [4.78, 5) is 12.4. The quantitative estimate of drug-likeness (QED) is 0.0805. The van der Waals surface area contributed by atoms with Crippen LogP contribution in [-0.4, -0.2) is 18.6 Å². The van der Waals surface area contributed by atoms with Crippen molar-refractivity contribution in [2.75, 3.05) is 11.9 Å². The van der Waals surface area contributed by atoms with Crippen LogP contribution in [0.2, 0.25) is 0 Å². The summed E-state index contributed by atoms with van der Waals surface area (Å²) < 4.78 is 5.55. The number of hydrogen-bond acceptors (Lipinski definition) is 3. The zero-order valence-electron chi connectivity index (χ0n) is 27.2. The highest BCUT2D eigenvalue weighted by molar-refractivity contribution is 5.80. The number of ether oxygens (including phenoxy) is 1. The Morgan fingerprint density at radius 3 is 1.44 bits per heavy atom. The molecule has 0 spiro atoms. The summed E-state index contributed by atoms with van der Waals surface area (Å²) in [6.45, 7) is 2.87. The molecule has 0 saturated heterocycles. The zero-order valence-corrected chi connectivity index (χ0v) is 27.2. The van der Waals surface area contributed by atoms with Crippen LogP contribution in [0.15, 0.2) is 24.3 Å². The normalized spacial score (nSPS) is 14.5. The maximum atomic E-state index is 12.4. The van der Waals surface area contributed by atoms with E-state index in [9.17, 15) is 4.79 Å². The molecule has 3 heteroatoms. The first-order valence-corrected chi connectivity index (χ1v) is 18.3. The number of hydrogen-bond donors (Lipinski definition) is 1. The van der Waals surface area contributed by atoms with Gasteiger partial charge in [-0.2, -0.15) is 0 Å². The molecule has 41 heavy (non-hydrogen) atoms. The fourth-order valence-electron chi connectivity index (χ4n) is 6.31. The monoisotopic (exact) mass is 570 g/mol. The van der Waals surface area contributed by atoms with Gasteiger partial charge in [-0.1, -0.05) is 186 Å². The third kappa shape index (κ3) is 19.3. The van der Waals surface area contributed by atoms with Crippen LogP contribution < -0.4 is 5.32 Å². The van der Waals surface area contributed by atoms with Crippen molar-refractivity contribution in [3.05, 3.63) is 29.8 Å². The van der Waals surface area contributed by atoms with Crippen molar-refractivity contribution in [2.24, 2.45) is 0 Å². The zero-order chi connectivity index (χ0) is 29.1. The maximum Gasteiger partial charge on any atom is 0.328 e. The minimum absolute atomic E-state index is 0.0842. The standard InChI is InChI=1S/C38H67NO2/c1-2-3-4-5-6-7-8-9-10-11-12-13-14-15-16-17-18-19-20-21-22-23-24-25-26-29-34-41-38(40)37-33-32-35-30-27-28-31-36(35)39-37/h27-28,30-31,37,39H,2-26,29,32-34H2,1H3. The van der Waals surface area contributed by atoms with Crippen molar-refractivity contribution in [3.63, 3.8) is 0 Å². The molecule has 1 heterocycles. The summed E-state index contributed by atoms with van der Waals surface area (Å²) >= 11 is 0. The predicted molar refractivity (Wildman–Crippen MR) is 179 cm³/mol. The number of benzene rings is 1. The molecule has 0 saturated carbocycles. The third-order valence-electron chi connectivity index (χ3n) is 9.08. The number of rotatable bonds is 28. The van der Waals surface area contributed by atoms with E-state index in [1.807, 2.05) is 6.07 Å². The topological polar surface area (TPSA) is 38.3 Å². The largest absolute Gasteiger partial charge is 0.464 e. The maximum absolute atomic E-state index is 12.4. The average Bonchev–Trinajstić information content (AvgIpc) is 3.00. The molecular weight excluding hydrogens is 502 g/mol. The molecule has 0 amide bonds. The van der Waals surface area contributed by atoms with Gasteiger partial charge in [-0.05, 0) is 30.9 Å². The van der Waals surface area contributed by atoms with Crippen LogP contribution in [-0.2, 0) is 16.0 Å². The van der Waals surface area contributed by atoms with Crippen LogP contribution in [0.25, 0.3) is 0 Å². The number of carbonyl (C=O) groups excluding carboxylic acids is 1. The molecule has 2 rings (SSSR count). The van der Waals surface area contributed by atoms with Crippen LogP contribution in [0.3, 0.4) is 0 Å².